The summed E-state index contributed by atoms with van der Waals surface area (Å²) in [6, 6.07) is 24.4. The van der Waals surface area contributed by atoms with E-state index < -0.39 is 0 Å². The first-order valence-corrected chi connectivity index (χ1v) is 9.21. The van der Waals surface area contributed by atoms with Crippen LogP contribution >= 0.6 is 0 Å². The molecule has 4 nitrogen and oxygen atoms in total. The summed E-state index contributed by atoms with van der Waals surface area (Å²) < 4.78 is 17.7. The molecule has 0 aliphatic heterocycles. The maximum atomic E-state index is 12.8. The lowest BCUT2D eigenvalue weighted by molar-refractivity contribution is 0.300. The average molecular weight is 372 g/mol. The summed E-state index contributed by atoms with van der Waals surface area (Å²) >= 11 is 0. The van der Waals surface area contributed by atoms with Gasteiger partial charge in [0.15, 0.2) is 5.43 Å². The van der Waals surface area contributed by atoms with Crippen LogP contribution in [0.1, 0.15) is 12.5 Å². The van der Waals surface area contributed by atoms with Crippen LogP contribution in [0.5, 0.6) is 11.5 Å². The van der Waals surface area contributed by atoms with Gasteiger partial charge in [-0.05, 0) is 12.5 Å². The molecule has 0 aliphatic carbocycles. The second-order valence-corrected chi connectivity index (χ2v) is 6.34. The first-order chi connectivity index (χ1) is 13.7. The van der Waals surface area contributed by atoms with Crippen molar-refractivity contribution in [3.05, 3.63) is 94.6 Å². The van der Waals surface area contributed by atoms with E-state index in [4.69, 9.17) is 13.9 Å². The summed E-state index contributed by atoms with van der Waals surface area (Å²) in [6.07, 6.45) is 0. The Morgan fingerprint density at radius 1 is 0.857 bits per heavy atom. The van der Waals surface area contributed by atoms with E-state index in [1.165, 1.54) is 6.07 Å². The molecule has 4 aromatic rings. The monoisotopic (exact) mass is 372 g/mol. The van der Waals surface area contributed by atoms with Gasteiger partial charge in [-0.2, -0.15) is 0 Å². The van der Waals surface area contributed by atoms with Crippen molar-refractivity contribution in [2.75, 3.05) is 6.61 Å². The molecule has 0 aliphatic rings. The van der Waals surface area contributed by atoms with Gasteiger partial charge in [0.25, 0.3) is 0 Å². The van der Waals surface area contributed by atoms with E-state index in [0.29, 0.717) is 41.4 Å². The third kappa shape index (κ3) is 3.76. The topological polar surface area (TPSA) is 48.7 Å². The van der Waals surface area contributed by atoms with Crippen molar-refractivity contribution >= 4 is 11.0 Å². The molecule has 3 aromatic carbocycles. The van der Waals surface area contributed by atoms with E-state index in [2.05, 4.69) is 0 Å². The lowest BCUT2D eigenvalue weighted by Crippen LogP contribution is -2.05. The Morgan fingerprint density at radius 3 is 2.29 bits per heavy atom. The van der Waals surface area contributed by atoms with Gasteiger partial charge >= 0.3 is 0 Å². The minimum Gasteiger partial charge on any atom is -0.493 e. The van der Waals surface area contributed by atoms with Crippen molar-refractivity contribution < 1.29 is 13.9 Å². The highest BCUT2D eigenvalue weighted by Crippen LogP contribution is 2.32. The van der Waals surface area contributed by atoms with Gasteiger partial charge in [-0.1, -0.05) is 60.7 Å². The average Bonchev–Trinajstić information content (AvgIpc) is 2.73. The highest BCUT2D eigenvalue weighted by Gasteiger charge is 2.14. The van der Waals surface area contributed by atoms with E-state index in [1.807, 2.05) is 67.6 Å². The largest absolute Gasteiger partial charge is 0.493 e. The molecule has 0 amide bonds. The highest BCUT2D eigenvalue weighted by atomic mass is 16.5. The molecule has 4 heteroatoms. The number of fused-ring (bicyclic) bond motifs is 1. The Balaban J connectivity index is 1.77. The number of hydrogen-bond acceptors (Lipinski definition) is 4. The fourth-order valence-electron chi connectivity index (χ4n) is 3.07. The molecule has 0 atom stereocenters. The molecule has 0 saturated heterocycles. The SMILES string of the molecule is CCOc1cc(OCc2ccccc2)cc2oc(-c3ccccc3)cc(=O)c12. The molecule has 4 rings (SSSR count). The van der Waals surface area contributed by atoms with Gasteiger partial charge in [0.05, 0.1) is 6.61 Å². The van der Waals surface area contributed by atoms with Crippen molar-refractivity contribution in [1.29, 1.82) is 0 Å². The third-order valence-electron chi connectivity index (χ3n) is 4.37. The number of hydrogen-bond donors (Lipinski definition) is 0. The quantitative estimate of drug-likeness (QED) is 0.452. The summed E-state index contributed by atoms with van der Waals surface area (Å²) in [7, 11) is 0. The van der Waals surface area contributed by atoms with E-state index >= 15 is 0 Å². The summed E-state index contributed by atoms with van der Waals surface area (Å²) in [4.78, 5) is 12.8. The first-order valence-electron chi connectivity index (χ1n) is 9.21. The number of ether oxygens (including phenoxy) is 2. The fourth-order valence-corrected chi connectivity index (χ4v) is 3.07. The van der Waals surface area contributed by atoms with Gasteiger partial charge in [0.1, 0.15) is 34.8 Å². The Labute approximate surface area is 163 Å². The van der Waals surface area contributed by atoms with Crippen LogP contribution in [0.3, 0.4) is 0 Å². The van der Waals surface area contributed by atoms with Crippen LogP contribution in [0.15, 0.2) is 88.1 Å². The normalized spacial score (nSPS) is 10.8. The minimum absolute atomic E-state index is 0.141. The third-order valence-corrected chi connectivity index (χ3v) is 4.37. The van der Waals surface area contributed by atoms with Crippen LogP contribution in [0.4, 0.5) is 0 Å². The van der Waals surface area contributed by atoms with Crippen LogP contribution in [0, 0.1) is 0 Å². The molecule has 0 N–H and O–H groups in total. The van der Waals surface area contributed by atoms with Gasteiger partial charge in [0.2, 0.25) is 0 Å². The molecule has 0 fully saturated rings. The Morgan fingerprint density at radius 2 is 1.57 bits per heavy atom. The molecular weight excluding hydrogens is 352 g/mol. The molecule has 140 valence electrons. The molecular formula is C24H20O4. The van der Waals surface area contributed by atoms with Crippen LogP contribution < -0.4 is 14.9 Å². The zero-order valence-electron chi connectivity index (χ0n) is 15.6. The fraction of sp³-hybridized carbons (Fsp3) is 0.125. The van der Waals surface area contributed by atoms with Gasteiger partial charge in [-0.25, -0.2) is 0 Å². The summed E-state index contributed by atoms with van der Waals surface area (Å²) in [5.74, 6) is 1.57. The molecule has 1 aromatic heterocycles. The maximum Gasteiger partial charge on any atom is 0.197 e. The smallest absolute Gasteiger partial charge is 0.197 e. The first kappa shape index (κ1) is 17.9. The zero-order chi connectivity index (χ0) is 19.3. The van der Waals surface area contributed by atoms with E-state index in [1.54, 1.807) is 12.1 Å². The molecule has 0 saturated carbocycles. The van der Waals surface area contributed by atoms with Crippen LogP contribution in [0.2, 0.25) is 0 Å². The Hall–Kier alpha value is -3.53. The Bertz CT molecular complexity index is 1130. The van der Waals surface area contributed by atoms with Crippen LogP contribution in [-0.4, -0.2) is 6.61 Å². The molecule has 1 heterocycles. The van der Waals surface area contributed by atoms with Crippen molar-refractivity contribution in [3.63, 3.8) is 0 Å². The van der Waals surface area contributed by atoms with E-state index in [0.717, 1.165) is 11.1 Å². The predicted octanol–water partition coefficient (Wildman–Crippen LogP) is 5.44. The lowest BCUT2D eigenvalue weighted by atomic mass is 10.1. The van der Waals surface area contributed by atoms with Crippen LogP contribution in [-0.2, 0) is 6.61 Å². The molecule has 28 heavy (non-hydrogen) atoms. The summed E-state index contributed by atoms with van der Waals surface area (Å²) in [6.45, 7) is 2.74. The van der Waals surface area contributed by atoms with Gasteiger partial charge in [-0.3, -0.25) is 4.79 Å². The number of benzene rings is 3. The summed E-state index contributed by atoms with van der Waals surface area (Å²) in [5.41, 5.74) is 2.20. The van der Waals surface area contributed by atoms with Gasteiger partial charge in [-0.15, -0.1) is 0 Å². The van der Waals surface area contributed by atoms with Gasteiger partial charge in [0, 0.05) is 23.8 Å². The second kappa shape index (κ2) is 8.01. The lowest BCUT2D eigenvalue weighted by Gasteiger charge is -2.12. The molecule has 0 radical (unpaired) electrons. The highest BCUT2D eigenvalue weighted by molar-refractivity contribution is 5.86. The second-order valence-electron chi connectivity index (χ2n) is 6.34. The van der Waals surface area contributed by atoms with Crippen molar-refractivity contribution in [2.24, 2.45) is 0 Å². The number of rotatable bonds is 6. The summed E-state index contributed by atoms with van der Waals surface area (Å²) in [5, 5.41) is 0.425. The van der Waals surface area contributed by atoms with Crippen LogP contribution in [0.25, 0.3) is 22.3 Å². The van der Waals surface area contributed by atoms with Crippen molar-refractivity contribution in [2.45, 2.75) is 13.5 Å². The van der Waals surface area contributed by atoms with E-state index in [-0.39, 0.29) is 5.43 Å². The maximum absolute atomic E-state index is 12.8. The molecule has 0 spiro atoms. The van der Waals surface area contributed by atoms with Crippen molar-refractivity contribution in [3.8, 4) is 22.8 Å². The van der Waals surface area contributed by atoms with Gasteiger partial charge < -0.3 is 13.9 Å². The Kier molecular flexibility index (Phi) is 5.11. The van der Waals surface area contributed by atoms with Crippen molar-refractivity contribution in [1.82, 2.24) is 0 Å². The molecule has 0 unspecified atom stereocenters. The standard InChI is InChI=1S/C24H20O4/c1-2-26-22-13-19(27-16-17-9-5-3-6-10-17)14-23-24(22)20(25)15-21(28-23)18-11-7-4-8-12-18/h3-15H,2,16H2,1H3. The predicted molar refractivity (Wildman–Crippen MR) is 110 cm³/mol. The molecule has 0 bridgehead atoms. The van der Waals surface area contributed by atoms with E-state index in [9.17, 15) is 4.79 Å². The zero-order valence-corrected chi connectivity index (χ0v) is 15.6. The minimum atomic E-state index is -0.141.